The topological polar surface area (TPSA) is 54.1 Å². The molecule has 2 aromatic heterocycles. The van der Waals surface area contributed by atoms with Crippen LogP contribution >= 0.6 is 11.3 Å². The Kier molecular flexibility index (Phi) is 5.57. The molecule has 1 atom stereocenters. The highest BCUT2D eigenvalue weighted by atomic mass is 32.1. The van der Waals surface area contributed by atoms with Gasteiger partial charge in [0.05, 0.1) is 0 Å². The average Bonchev–Trinajstić information content (AvgIpc) is 3.39. The van der Waals surface area contributed by atoms with Crippen LogP contribution in [0.2, 0.25) is 0 Å². The molecule has 0 aliphatic heterocycles. The van der Waals surface area contributed by atoms with Crippen molar-refractivity contribution in [3.05, 3.63) is 88.2 Å². The van der Waals surface area contributed by atoms with E-state index in [2.05, 4.69) is 21.1 Å². The second-order valence-electron chi connectivity index (χ2n) is 6.47. The van der Waals surface area contributed by atoms with Crippen LogP contribution in [0, 0.1) is 0 Å². The number of carbonyl (C=O) groups excluding carboxylic acids is 1. The van der Waals surface area contributed by atoms with E-state index in [1.54, 1.807) is 17.4 Å². The van der Waals surface area contributed by atoms with Crippen molar-refractivity contribution in [1.29, 1.82) is 0 Å². The molecular weight excluding hydrogens is 394 g/mol. The predicted molar refractivity (Wildman–Crippen MR) is 110 cm³/mol. The Balaban J connectivity index is 1.56. The second kappa shape index (κ2) is 8.45. The van der Waals surface area contributed by atoms with Gasteiger partial charge in [-0.3, -0.25) is 4.79 Å². The van der Waals surface area contributed by atoms with Gasteiger partial charge in [-0.2, -0.15) is 8.78 Å². The van der Waals surface area contributed by atoms with E-state index in [0.717, 1.165) is 21.3 Å². The van der Waals surface area contributed by atoms with E-state index in [9.17, 15) is 13.6 Å². The zero-order valence-electron chi connectivity index (χ0n) is 15.3. The normalized spacial score (nSPS) is 12.2. The Hall–Kier alpha value is -3.19. The Morgan fingerprint density at radius 1 is 1.10 bits per heavy atom. The van der Waals surface area contributed by atoms with Gasteiger partial charge in [-0.15, -0.1) is 11.3 Å². The molecule has 0 spiro atoms. The van der Waals surface area contributed by atoms with Crippen molar-refractivity contribution in [2.45, 2.75) is 12.5 Å². The lowest BCUT2D eigenvalue weighted by molar-refractivity contribution is -0.0498. The van der Waals surface area contributed by atoms with Crippen LogP contribution in [0.1, 0.15) is 26.7 Å². The standard InChI is InChI=1S/C22H18F2N2O2S/c23-22(24)28-15-6-3-5-14(11-15)21(27)26-13-18(20-9-4-10-29-20)17-12-25-19-8-2-1-7-16(17)19/h1-12,18,22,25H,13H2,(H,26,27). The van der Waals surface area contributed by atoms with Crippen LogP contribution in [0.25, 0.3) is 10.9 Å². The van der Waals surface area contributed by atoms with Crippen molar-refractivity contribution in [2.24, 2.45) is 0 Å². The van der Waals surface area contributed by atoms with Gasteiger partial charge in [0, 0.05) is 40.0 Å². The number of hydrogen-bond donors (Lipinski definition) is 2. The lowest BCUT2D eigenvalue weighted by Gasteiger charge is -2.16. The number of aromatic nitrogens is 1. The first-order valence-electron chi connectivity index (χ1n) is 9.04. The fraction of sp³-hybridized carbons (Fsp3) is 0.136. The molecule has 2 heterocycles. The molecule has 148 valence electrons. The SMILES string of the molecule is O=C(NCC(c1cccs1)c1c[nH]c2ccccc12)c1cccc(OC(F)F)c1. The number of thiophene rings is 1. The van der Waals surface area contributed by atoms with Crippen molar-refractivity contribution in [1.82, 2.24) is 10.3 Å². The van der Waals surface area contributed by atoms with E-state index in [0.29, 0.717) is 6.54 Å². The van der Waals surface area contributed by atoms with Gasteiger partial charge in [-0.25, -0.2) is 0 Å². The van der Waals surface area contributed by atoms with E-state index >= 15 is 0 Å². The quantitative estimate of drug-likeness (QED) is 0.427. The average molecular weight is 412 g/mol. The Morgan fingerprint density at radius 3 is 2.76 bits per heavy atom. The van der Waals surface area contributed by atoms with Crippen molar-refractivity contribution in [3.63, 3.8) is 0 Å². The number of amides is 1. The van der Waals surface area contributed by atoms with Gasteiger partial charge >= 0.3 is 6.61 Å². The molecule has 4 rings (SSSR count). The van der Waals surface area contributed by atoms with Gasteiger partial charge in [0.15, 0.2) is 0 Å². The second-order valence-corrected chi connectivity index (χ2v) is 7.45. The monoisotopic (exact) mass is 412 g/mol. The van der Waals surface area contributed by atoms with Crippen molar-refractivity contribution >= 4 is 28.1 Å². The lowest BCUT2D eigenvalue weighted by Crippen LogP contribution is -2.28. The van der Waals surface area contributed by atoms with Crippen LogP contribution in [0.15, 0.2) is 72.2 Å². The molecule has 0 bridgehead atoms. The largest absolute Gasteiger partial charge is 0.435 e. The van der Waals surface area contributed by atoms with E-state index in [4.69, 9.17) is 0 Å². The third-order valence-corrected chi connectivity index (χ3v) is 5.66. The number of rotatable bonds is 7. The Morgan fingerprint density at radius 2 is 1.97 bits per heavy atom. The first kappa shape index (κ1) is 19.1. The number of fused-ring (bicyclic) bond motifs is 1. The highest BCUT2D eigenvalue weighted by Crippen LogP contribution is 2.32. The number of benzene rings is 2. The zero-order chi connectivity index (χ0) is 20.2. The zero-order valence-corrected chi connectivity index (χ0v) is 16.1. The minimum Gasteiger partial charge on any atom is -0.435 e. The molecule has 7 heteroatoms. The van der Waals surface area contributed by atoms with Gasteiger partial charge < -0.3 is 15.0 Å². The molecule has 2 N–H and O–H groups in total. The summed E-state index contributed by atoms with van der Waals surface area (Å²) in [6, 6.07) is 17.8. The van der Waals surface area contributed by atoms with Crippen molar-refractivity contribution in [2.75, 3.05) is 6.54 Å². The number of carbonyl (C=O) groups is 1. The van der Waals surface area contributed by atoms with Crippen molar-refractivity contribution in [3.8, 4) is 5.75 Å². The summed E-state index contributed by atoms with van der Waals surface area (Å²) in [7, 11) is 0. The summed E-state index contributed by atoms with van der Waals surface area (Å²) in [5, 5.41) is 6.04. The number of hydrogen-bond acceptors (Lipinski definition) is 3. The lowest BCUT2D eigenvalue weighted by atomic mass is 9.96. The summed E-state index contributed by atoms with van der Waals surface area (Å²) in [6.07, 6.45) is 1.97. The van der Waals surface area contributed by atoms with E-state index in [1.165, 1.54) is 18.2 Å². The minimum atomic E-state index is -2.93. The van der Waals surface area contributed by atoms with Crippen LogP contribution in [-0.2, 0) is 0 Å². The van der Waals surface area contributed by atoms with Gasteiger partial charge in [0.2, 0.25) is 0 Å². The van der Waals surface area contributed by atoms with Crippen LogP contribution < -0.4 is 10.1 Å². The van der Waals surface area contributed by atoms with Gasteiger partial charge in [0.25, 0.3) is 5.91 Å². The van der Waals surface area contributed by atoms with Crippen LogP contribution in [0.4, 0.5) is 8.78 Å². The molecule has 2 aromatic carbocycles. The summed E-state index contributed by atoms with van der Waals surface area (Å²) in [6.45, 7) is -2.56. The first-order valence-corrected chi connectivity index (χ1v) is 9.92. The Labute approximate surface area is 170 Å². The highest BCUT2D eigenvalue weighted by molar-refractivity contribution is 7.10. The molecule has 0 radical (unpaired) electrons. The molecule has 0 saturated heterocycles. The molecule has 0 fully saturated rings. The number of nitrogens with one attached hydrogen (secondary N) is 2. The maximum absolute atomic E-state index is 12.6. The summed E-state index contributed by atoms with van der Waals surface area (Å²) < 4.78 is 29.2. The third kappa shape index (κ3) is 4.30. The van der Waals surface area contributed by atoms with Crippen LogP contribution in [-0.4, -0.2) is 24.0 Å². The highest BCUT2D eigenvalue weighted by Gasteiger charge is 2.20. The molecule has 0 aliphatic rings. The summed E-state index contributed by atoms with van der Waals surface area (Å²) in [4.78, 5) is 17.0. The van der Waals surface area contributed by atoms with E-state index < -0.39 is 6.61 Å². The van der Waals surface area contributed by atoms with E-state index in [-0.39, 0.29) is 23.1 Å². The van der Waals surface area contributed by atoms with Crippen molar-refractivity contribution < 1.29 is 18.3 Å². The van der Waals surface area contributed by atoms with Crippen LogP contribution in [0.3, 0.4) is 0 Å². The summed E-state index contributed by atoms with van der Waals surface area (Å²) in [5.74, 6) is -0.416. The number of aromatic amines is 1. The molecule has 1 amide bonds. The fourth-order valence-electron chi connectivity index (χ4n) is 3.35. The molecule has 29 heavy (non-hydrogen) atoms. The third-order valence-electron chi connectivity index (χ3n) is 4.67. The smallest absolute Gasteiger partial charge is 0.387 e. The van der Waals surface area contributed by atoms with Gasteiger partial charge in [-0.1, -0.05) is 30.3 Å². The maximum atomic E-state index is 12.6. The number of ether oxygens (including phenoxy) is 1. The predicted octanol–water partition coefficient (Wildman–Crippen LogP) is 5.39. The maximum Gasteiger partial charge on any atom is 0.387 e. The molecule has 4 nitrogen and oxygen atoms in total. The van der Waals surface area contributed by atoms with Crippen LogP contribution in [0.5, 0.6) is 5.75 Å². The molecular formula is C22H18F2N2O2S. The van der Waals surface area contributed by atoms with E-state index in [1.807, 2.05) is 41.9 Å². The Bertz CT molecular complexity index is 1110. The molecule has 4 aromatic rings. The molecule has 0 aliphatic carbocycles. The number of halogens is 2. The number of para-hydroxylation sites is 1. The molecule has 0 saturated carbocycles. The number of alkyl halides is 2. The summed E-state index contributed by atoms with van der Waals surface area (Å²) in [5.41, 5.74) is 2.40. The summed E-state index contributed by atoms with van der Waals surface area (Å²) >= 11 is 1.63. The minimum absolute atomic E-state index is 0.0319. The van der Waals surface area contributed by atoms with Gasteiger partial charge in [0.1, 0.15) is 5.75 Å². The first-order chi connectivity index (χ1) is 14.1. The van der Waals surface area contributed by atoms with Gasteiger partial charge in [-0.05, 0) is 41.3 Å². The number of H-pyrrole nitrogens is 1. The molecule has 1 unspecified atom stereocenters. The fourth-order valence-corrected chi connectivity index (χ4v) is 4.19.